The van der Waals surface area contributed by atoms with Gasteiger partial charge in [0.25, 0.3) is 0 Å². The molecule has 3 aromatic rings. The van der Waals surface area contributed by atoms with Gasteiger partial charge in [-0.1, -0.05) is 51.1 Å². The summed E-state index contributed by atoms with van der Waals surface area (Å²) < 4.78 is 35.9. The van der Waals surface area contributed by atoms with E-state index in [0.29, 0.717) is 17.8 Å². The van der Waals surface area contributed by atoms with Crippen molar-refractivity contribution < 1.29 is 27.6 Å². The molecule has 9 nitrogen and oxygen atoms in total. The van der Waals surface area contributed by atoms with Gasteiger partial charge < -0.3 is 23.5 Å². The minimum atomic E-state index is -3.94. The highest BCUT2D eigenvalue weighted by atomic mass is 31.2. The highest BCUT2D eigenvalue weighted by Gasteiger charge is 2.43. The number of rotatable bonds is 13. The zero-order chi connectivity index (χ0) is 30.3. The Bertz CT molecular complexity index is 1340. The SMILES string of the molecule is CCOP(=O)(OCC)C(Nc1ncc(-c2ccc(O[Si](C)(C)C(C)(C)C)cc2)nc1Cc1ccccc1)C(=O)OC. The summed E-state index contributed by atoms with van der Waals surface area (Å²) in [7, 11) is -4.69. The van der Waals surface area contributed by atoms with Crippen LogP contribution in [0, 0.1) is 0 Å². The van der Waals surface area contributed by atoms with Crippen molar-refractivity contribution in [2.75, 3.05) is 25.6 Å². The van der Waals surface area contributed by atoms with E-state index < -0.39 is 27.7 Å². The number of hydrogen-bond donors (Lipinski definition) is 1. The first-order valence-corrected chi connectivity index (χ1v) is 18.3. The number of nitrogens with zero attached hydrogens (tertiary/aromatic N) is 2. The Kier molecular flexibility index (Phi) is 10.9. The molecule has 0 amide bonds. The van der Waals surface area contributed by atoms with Crippen LogP contribution in [0.3, 0.4) is 0 Å². The van der Waals surface area contributed by atoms with Gasteiger partial charge in [-0.2, -0.15) is 0 Å². The number of ether oxygens (including phenoxy) is 1. The van der Waals surface area contributed by atoms with E-state index in [4.69, 9.17) is 23.2 Å². The number of methoxy groups -OCH3 is 1. The average molecular weight is 600 g/mol. The summed E-state index contributed by atoms with van der Waals surface area (Å²) in [5, 5.41) is 3.07. The minimum Gasteiger partial charge on any atom is -0.544 e. The van der Waals surface area contributed by atoms with Crippen molar-refractivity contribution in [3.63, 3.8) is 0 Å². The van der Waals surface area contributed by atoms with Gasteiger partial charge in [-0.3, -0.25) is 4.57 Å². The molecule has 1 heterocycles. The first-order valence-electron chi connectivity index (χ1n) is 13.8. The predicted octanol–water partition coefficient (Wildman–Crippen LogP) is 7.30. The predicted molar refractivity (Wildman–Crippen MR) is 165 cm³/mol. The van der Waals surface area contributed by atoms with Gasteiger partial charge in [-0.05, 0) is 61.8 Å². The molecule has 2 aromatic carbocycles. The van der Waals surface area contributed by atoms with E-state index >= 15 is 0 Å². The van der Waals surface area contributed by atoms with Crippen LogP contribution in [-0.4, -0.2) is 50.4 Å². The lowest BCUT2D eigenvalue weighted by Crippen LogP contribution is -2.43. The summed E-state index contributed by atoms with van der Waals surface area (Å²) in [5.74, 6) is -1.11. The third-order valence-electron chi connectivity index (χ3n) is 7.02. The molecule has 1 atom stereocenters. The van der Waals surface area contributed by atoms with E-state index in [0.717, 1.165) is 16.9 Å². The van der Waals surface area contributed by atoms with Crippen LogP contribution >= 0.6 is 7.60 Å². The molecule has 3 rings (SSSR count). The molecule has 1 aromatic heterocycles. The lowest BCUT2D eigenvalue weighted by atomic mass is 10.1. The number of hydrogen-bond acceptors (Lipinski definition) is 9. The molecule has 0 aliphatic rings. The number of aromatic nitrogens is 2. The largest absolute Gasteiger partial charge is 0.544 e. The Morgan fingerprint density at radius 1 is 1.00 bits per heavy atom. The molecule has 0 saturated heterocycles. The summed E-state index contributed by atoms with van der Waals surface area (Å²) in [5.41, 5.74) is 3.06. The van der Waals surface area contributed by atoms with Gasteiger partial charge in [0.05, 0.1) is 37.9 Å². The van der Waals surface area contributed by atoms with Crippen LogP contribution in [0.2, 0.25) is 18.1 Å². The van der Waals surface area contributed by atoms with E-state index in [1.165, 1.54) is 7.11 Å². The van der Waals surface area contributed by atoms with Crippen molar-refractivity contribution in [1.82, 2.24) is 9.97 Å². The quantitative estimate of drug-likeness (QED) is 0.123. The van der Waals surface area contributed by atoms with Gasteiger partial charge >= 0.3 is 13.6 Å². The summed E-state index contributed by atoms with van der Waals surface area (Å²) in [6.07, 6.45) is 2.03. The molecule has 1 N–H and O–H groups in total. The third-order valence-corrected chi connectivity index (χ3v) is 13.6. The molecule has 1 unspecified atom stereocenters. The second-order valence-electron chi connectivity index (χ2n) is 11.0. The molecular weight excluding hydrogens is 557 g/mol. The second kappa shape index (κ2) is 13.7. The van der Waals surface area contributed by atoms with E-state index in [1.807, 2.05) is 54.6 Å². The zero-order valence-corrected chi connectivity index (χ0v) is 27.2. The van der Waals surface area contributed by atoms with Crippen molar-refractivity contribution in [3.8, 4) is 17.0 Å². The first-order chi connectivity index (χ1) is 19.3. The Morgan fingerprint density at radius 2 is 1.61 bits per heavy atom. The van der Waals surface area contributed by atoms with Crippen LogP contribution in [0.15, 0.2) is 60.8 Å². The Labute approximate surface area is 244 Å². The van der Waals surface area contributed by atoms with E-state index in [-0.39, 0.29) is 24.1 Å². The zero-order valence-electron chi connectivity index (χ0n) is 25.3. The van der Waals surface area contributed by atoms with Gasteiger partial charge in [0, 0.05) is 12.0 Å². The minimum absolute atomic E-state index is 0.0860. The van der Waals surface area contributed by atoms with Crippen molar-refractivity contribution in [2.24, 2.45) is 0 Å². The molecule has 0 bridgehead atoms. The van der Waals surface area contributed by atoms with E-state index in [2.05, 4.69) is 44.2 Å². The summed E-state index contributed by atoms with van der Waals surface area (Å²) in [6, 6.07) is 17.6. The molecule has 11 heteroatoms. The maximum absolute atomic E-state index is 13.6. The molecule has 0 saturated carbocycles. The van der Waals surface area contributed by atoms with Crippen LogP contribution in [0.4, 0.5) is 5.82 Å². The summed E-state index contributed by atoms with van der Waals surface area (Å²) in [4.78, 5) is 22.3. The normalized spacial score (nSPS) is 13.0. The number of nitrogens with one attached hydrogen (secondary N) is 1. The molecule has 0 spiro atoms. The summed E-state index contributed by atoms with van der Waals surface area (Å²) >= 11 is 0. The molecule has 0 radical (unpaired) electrons. The van der Waals surface area contributed by atoms with Crippen LogP contribution in [-0.2, 0) is 29.6 Å². The molecule has 41 heavy (non-hydrogen) atoms. The molecular formula is C30H42N3O6PSi. The third kappa shape index (κ3) is 8.26. The second-order valence-corrected chi connectivity index (χ2v) is 17.9. The van der Waals surface area contributed by atoms with Crippen LogP contribution in [0.25, 0.3) is 11.3 Å². The number of benzene rings is 2. The standard InChI is InChI=1S/C30H42N3O6PSi/c1-9-37-40(35,38-10-2)28(29(34)36-6)33-27-25(20-22-14-12-11-13-15-22)32-26(21-31-27)23-16-18-24(19-17-23)39-41(7,8)30(3,4)5/h11-19,21,28H,9-10,20H2,1-8H3,(H,31,33). The average Bonchev–Trinajstić information content (AvgIpc) is 2.92. The lowest BCUT2D eigenvalue weighted by molar-refractivity contribution is -0.140. The molecule has 0 aliphatic heterocycles. The molecule has 222 valence electrons. The number of carbonyl (C=O) groups is 1. The highest BCUT2D eigenvalue weighted by Crippen LogP contribution is 2.53. The maximum Gasteiger partial charge on any atom is 0.364 e. The lowest BCUT2D eigenvalue weighted by Gasteiger charge is -2.36. The fourth-order valence-corrected chi connectivity index (χ4v) is 6.56. The Hall–Kier alpha value is -3.04. The number of carbonyl (C=O) groups excluding carboxylic acids is 1. The fraction of sp³-hybridized carbons (Fsp3) is 0.433. The van der Waals surface area contributed by atoms with Crippen molar-refractivity contribution in [2.45, 2.75) is 65.0 Å². The van der Waals surface area contributed by atoms with Crippen molar-refractivity contribution in [3.05, 3.63) is 72.1 Å². The smallest absolute Gasteiger partial charge is 0.364 e. The first kappa shape index (κ1) is 32.5. The van der Waals surface area contributed by atoms with Crippen LogP contribution in [0.1, 0.15) is 45.9 Å². The van der Waals surface area contributed by atoms with Gasteiger partial charge in [0.15, 0.2) is 0 Å². The highest BCUT2D eigenvalue weighted by molar-refractivity contribution is 7.55. The van der Waals surface area contributed by atoms with E-state index in [1.54, 1.807) is 20.0 Å². The molecule has 0 fully saturated rings. The topological polar surface area (TPSA) is 109 Å². The fourth-order valence-electron chi connectivity index (χ4n) is 3.80. The van der Waals surface area contributed by atoms with Gasteiger partial charge in [0.1, 0.15) is 11.6 Å². The van der Waals surface area contributed by atoms with Gasteiger partial charge in [-0.15, -0.1) is 0 Å². The maximum atomic E-state index is 13.6. The van der Waals surface area contributed by atoms with Crippen LogP contribution in [0.5, 0.6) is 5.75 Å². The number of anilines is 1. The monoisotopic (exact) mass is 599 g/mol. The van der Waals surface area contributed by atoms with Gasteiger partial charge in [-0.25, -0.2) is 14.8 Å². The van der Waals surface area contributed by atoms with Gasteiger partial charge in [0.2, 0.25) is 14.1 Å². The van der Waals surface area contributed by atoms with E-state index in [9.17, 15) is 9.36 Å². The summed E-state index contributed by atoms with van der Waals surface area (Å²) in [6.45, 7) is 14.6. The van der Waals surface area contributed by atoms with Crippen molar-refractivity contribution in [1.29, 1.82) is 0 Å². The Balaban J connectivity index is 2.01. The molecule has 0 aliphatic carbocycles. The number of esters is 1. The van der Waals surface area contributed by atoms with Crippen LogP contribution < -0.4 is 9.74 Å². The van der Waals surface area contributed by atoms with Crippen molar-refractivity contribution >= 4 is 27.7 Å². The Morgan fingerprint density at radius 3 is 2.15 bits per heavy atom.